The zero-order valence-corrected chi connectivity index (χ0v) is 10.8. The SMILES string of the molecule is CC(C)C(CNCCc1ccc(F)cc1)C(=O)O. The van der Waals surface area contributed by atoms with Crippen LogP contribution in [0.2, 0.25) is 0 Å². The summed E-state index contributed by atoms with van der Waals surface area (Å²) in [6.45, 7) is 4.97. The molecule has 0 aromatic heterocycles. The van der Waals surface area contributed by atoms with Crippen molar-refractivity contribution >= 4 is 5.97 Å². The number of carbonyl (C=O) groups is 1. The molecule has 0 saturated heterocycles. The highest BCUT2D eigenvalue weighted by Gasteiger charge is 2.20. The molecular weight excluding hydrogens is 233 g/mol. The van der Waals surface area contributed by atoms with Crippen LogP contribution in [0.25, 0.3) is 0 Å². The summed E-state index contributed by atoms with van der Waals surface area (Å²) in [6.07, 6.45) is 0.769. The molecule has 0 fully saturated rings. The van der Waals surface area contributed by atoms with Crippen LogP contribution in [-0.4, -0.2) is 24.2 Å². The van der Waals surface area contributed by atoms with E-state index in [0.29, 0.717) is 13.1 Å². The minimum atomic E-state index is -0.765. The van der Waals surface area contributed by atoms with Crippen LogP contribution in [-0.2, 0) is 11.2 Å². The predicted molar refractivity (Wildman–Crippen MR) is 68.9 cm³/mol. The number of hydrogen-bond donors (Lipinski definition) is 2. The number of halogens is 1. The van der Waals surface area contributed by atoms with Crippen molar-refractivity contribution in [2.45, 2.75) is 20.3 Å². The van der Waals surface area contributed by atoms with Gasteiger partial charge in [0.25, 0.3) is 0 Å². The first-order valence-electron chi connectivity index (χ1n) is 6.18. The molecule has 0 aliphatic carbocycles. The molecule has 100 valence electrons. The van der Waals surface area contributed by atoms with Crippen LogP contribution in [0, 0.1) is 17.7 Å². The molecule has 3 nitrogen and oxygen atoms in total. The Kier molecular flexibility index (Phi) is 5.78. The summed E-state index contributed by atoms with van der Waals surface area (Å²) < 4.78 is 12.7. The van der Waals surface area contributed by atoms with Crippen molar-refractivity contribution in [3.8, 4) is 0 Å². The fourth-order valence-electron chi connectivity index (χ4n) is 1.75. The number of nitrogens with one attached hydrogen (secondary N) is 1. The molecule has 0 amide bonds. The van der Waals surface area contributed by atoms with Gasteiger partial charge in [0, 0.05) is 6.54 Å². The van der Waals surface area contributed by atoms with E-state index in [1.54, 1.807) is 12.1 Å². The molecular formula is C14H20FNO2. The van der Waals surface area contributed by atoms with Crippen molar-refractivity contribution in [3.63, 3.8) is 0 Å². The van der Waals surface area contributed by atoms with Crippen LogP contribution in [0.5, 0.6) is 0 Å². The van der Waals surface area contributed by atoms with Gasteiger partial charge in [-0.2, -0.15) is 0 Å². The number of benzene rings is 1. The number of rotatable bonds is 7. The van der Waals surface area contributed by atoms with Crippen LogP contribution < -0.4 is 5.32 Å². The van der Waals surface area contributed by atoms with E-state index >= 15 is 0 Å². The first-order valence-corrected chi connectivity index (χ1v) is 6.18. The van der Waals surface area contributed by atoms with Crippen molar-refractivity contribution in [2.24, 2.45) is 11.8 Å². The second-order valence-corrected chi connectivity index (χ2v) is 4.77. The summed E-state index contributed by atoms with van der Waals surface area (Å²) >= 11 is 0. The Labute approximate surface area is 107 Å². The van der Waals surface area contributed by atoms with Crippen LogP contribution in [0.3, 0.4) is 0 Å². The Balaban J connectivity index is 2.29. The average Bonchev–Trinajstić information content (AvgIpc) is 2.30. The van der Waals surface area contributed by atoms with Crippen LogP contribution >= 0.6 is 0 Å². The first-order chi connectivity index (χ1) is 8.50. The van der Waals surface area contributed by atoms with E-state index in [-0.39, 0.29) is 17.7 Å². The average molecular weight is 253 g/mol. The molecule has 4 heteroatoms. The van der Waals surface area contributed by atoms with E-state index < -0.39 is 5.97 Å². The van der Waals surface area contributed by atoms with Gasteiger partial charge in [-0.15, -0.1) is 0 Å². The fourth-order valence-corrected chi connectivity index (χ4v) is 1.75. The van der Waals surface area contributed by atoms with Crippen molar-refractivity contribution in [1.82, 2.24) is 5.32 Å². The van der Waals surface area contributed by atoms with Gasteiger partial charge >= 0.3 is 5.97 Å². The molecule has 1 atom stereocenters. The summed E-state index contributed by atoms with van der Waals surface area (Å²) in [5, 5.41) is 12.1. The molecule has 0 radical (unpaired) electrons. The van der Waals surface area contributed by atoms with Gasteiger partial charge in [0.05, 0.1) is 5.92 Å². The van der Waals surface area contributed by atoms with Crippen LogP contribution in [0.15, 0.2) is 24.3 Å². The van der Waals surface area contributed by atoms with Crippen LogP contribution in [0.1, 0.15) is 19.4 Å². The zero-order chi connectivity index (χ0) is 13.5. The molecule has 1 rings (SSSR count). The monoisotopic (exact) mass is 253 g/mol. The number of hydrogen-bond acceptors (Lipinski definition) is 2. The van der Waals surface area contributed by atoms with E-state index in [1.807, 2.05) is 13.8 Å². The molecule has 1 aromatic carbocycles. The molecule has 0 saturated carbocycles. The molecule has 1 unspecified atom stereocenters. The maximum absolute atomic E-state index is 12.7. The molecule has 2 N–H and O–H groups in total. The maximum Gasteiger partial charge on any atom is 0.308 e. The first kappa shape index (κ1) is 14.6. The molecule has 0 bridgehead atoms. The molecule has 0 heterocycles. The molecule has 18 heavy (non-hydrogen) atoms. The lowest BCUT2D eigenvalue weighted by atomic mass is 9.96. The number of carboxylic acids is 1. The lowest BCUT2D eigenvalue weighted by Gasteiger charge is -2.16. The lowest BCUT2D eigenvalue weighted by molar-refractivity contribution is -0.143. The maximum atomic E-state index is 12.7. The summed E-state index contributed by atoms with van der Waals surface area (Å²) in [7, 11) is 0. The minimum absolute atomic E-state index is 0.112. The van der Waals surface area contributed by atoms with E-state index in [1.165, 1.54) is 12.1 Å². The van der Waals surface area contributed by atoms with Crippen molar-refractivity contribution in [2.75, 3.05) is 13.1 Å². The summed E-state index contributed by atoms with van der Waals surface area (Å²) in [6, 6.07) is 6.36. The van der Waals surface area contributed by atoms with E-state index in [9.17, 15) is 9.18 Å². The predicted octanol–water partition coefficient (Wildman–Crippen LogP) is 2.31. The minimum Gasteiger partial charge on any atom is -0.481 e. The zero-order valence-electron chi connectivity index (χ0n) is 10.8. The largest absolute Gasteiger partial charge is 0.481 e. The Hall–Kier alpha value is -1.42. The Bertz CT molecular complexity index is 376. The molecule has 0 aliphatic heterocycles. The second kappa shape index (κ2) is 7.11. The van der Waals surface area contributed by atoms with Gasteiger partial charge in [-0.25, -0.2) is 4.39 Å². The summed E-state index contributed by atoms with van der Waals surface area (Å²) in [5.74, 6) is -1.25. The second-order valence-electron chi connectivity index (χ2n) is 4.77. The van der Waals surface area contributed by atoms with Crippen molar-refractivity contribution < 1.29 is 14.3 Å². The van der Waals surface area contributed by atoms with Gasteiger partial charge in [0.1, 0.15) is 5.82 Å². The molecule has 0 aliphatic rings. The van der Waals surface area contributed by atoms with Gasteiger partial charge in [-0.3, -0.25) is 4.79 Å². The van der Waals surface area contributed by atoms with Crippen molar-refractivity contribution in [1.29, 1.82) is 0 Å². The summed E-state index contributed by atoms with van der Waals surface area (Å²) in [5.41, 5.74) is 1.04. The third-order valence-corrected chi connectivity index (χ3v) is 2.99. The van der Waals surface area contributed by atoms with Gasteiger partial charge in [0.15, 0.2) is 0 Å². The third kappa shape index (κ3) is 4.84. The Morgan fingerprint density at radius 2 is 1.94 bits per heavy atom. The van der Waals surface area contributed by atoms with Gasteiger partial charge in [0.2, 0.25) is 0 Å². The number of aliphatic carboxylic acids is 1. The highest BCUT2D eigenvalue weighted by atomic mass is 19.1. The normalized spacial score (nSPS) is 12.7. The standard InChI is InChI=1S/C14H20FNO2/c1-10(2)13(14(17)18)9-16-8-7-11-3-5-12(15)6-4-11/h3-6,10,13,16H,7-9H2,1-2H3,(H,17,18). The van der Waals surface area contributed by atoms with E-state index in [2.05, 4.69) is 5.32 Å². The lowest BCUT2D eigenvalue weighted by Crippen LogP contribution is -2.33. The van der Waals surface area contributed by atoms with Gasteiger partial charge in [-0.1, -0.05) is 26.0 Å². The van der Waals surface area contributed by atoms with E-state index in [4.69, 9.17) is 5.11 Å². The van der Waals surface area contributed by atoms with Crippen molar-refractivity contribution in [3.05, 3.63) is 35.6 Å². The highest BCUT2D eigenvalue weighted by molar-refractivity contribution is 5.70. The van der Waals surface area contributed by atoms with E-state index in [0.717, 1.165) is 12.0 Å². The fraction of sp³-hybridized carbons (Fsp3) is 0.500. The Morgan fingerprint density at radius 3 is 2.44 bits per heavy atom. The topological polar surface area (TPSA) is 49.3 Å². The highest BCUT2D eigenvalue weighted by Crippen LogP contribution is 2.09. The smallest absolute Gasteiger partial charge is 0.308 e. The third-order valence-electron chi connectivity index (χ3n) is 2.99. The summed E-state index contributed by atoms with van der Waals surface area (Å²) in [4.78, 5) is 11.0. The Morgan fingerprint density at radius 1 is 1.33 bits per heavy atom. The molecule has 0 spiro atoms. The van der Waals surface area contributed by atoms with Gasteiger partial charge < -0.3 is 10.4 Å². The quantitative estimate of drug-likeness (QED) is 0.733. The number of carboxylic acid groups (broad SMARTS) is 1. The van der Waals surface area contributed by atoms with Crippen LogP contribution in [0.4, 0.5) is 4.39 Å². The van der Waals surface area contributed by atoms with Gasteiger partial charge in [-0.05, 0) is 36.6 Å². The molecule has 1 aromatic rings.